The van der Waals surface area contributed by atoms with E-state index in [4.69, 9.17) is 15.0 Å². The second-order valence-corrected chi connectivity index (χ2v) is 14.3. The molecule has 1 aliphatic rings. The largest absolute Gasteiger partial charge is 0.260 e. The Hall–Kier alpha value is -6.78. The summed E-state index contributed by atoms with van der Waals surface area (Å²) >= 11 is 0. The van der Waals surface area contributed by atoms with E-state index in [0.717, 1.165) is 66.8 Å². The van der Waals surface area contributed by atoms with Crippen LogP contribution in [0.25, 0.3) is 89.1 Å². The van der Waals surface area contributed by atoms with Crippen LogP contribution in [0.5, 0.6) is 0 Å². The number of benzene rings is 6. The highest BCUT2D eigenvalue weighted by Gasteiger charge is 2.35. The van der Waals surface area contributed by atoms with E-state index in [0.29, 0.717) is 0 Å². The zero-order valence-corrected chi connectivity index (χ0v) is 29.5. The van der Waals surface area contributed by atoms with Crippen molar-refractivity contribution < 1.29 is 0 Å². The maximum atomic E-state index is 5.22. The molecule has 0 saturated carbocycles. The van der Waals surface area contributed by atoms with Crippen molar-refractivity contribution >= 4 is 21.8 Å². The van der Waals surface area contributed by atoms with Gasteiger partial charge in [-0.3, -0.25) is 4.98 Å². The van der Waals surface area contributed by atoms with Crippen molar-refractivity contribution in [2.75, 3.05) is 0 Å². The van der Waals surface area contributed by atoms with Gasteiger partial charge in [-0.1, -0.05) is 147 Å². The van der Waals surface area contributed by atoms with Crippen molar-refractivity contribution in [3.63, 3.8) is 0 Å². The highest BCUT2D eigenvalue weighted by Crippen LogP contribution is 2.49. The van der Waals surface area contributed by atoms with Crippen LogP contribution in [0.15, 0.2) is 170 Å². The van der Waals surface area contributed by atoms with Crippen LogP contribution in [0.1, 0.15) is 25.0 Å². The number of hydrogen-bond acceptors (Lipinski definition) is 4. The Labute approximate surface area is 308 Å². The summed E-state index contributed by atoms with van der Waals surface area (Å²) in [6.45, 7) is 4.66. The molecule has 0 spiro atoms. The molecule has 3 aromatic heterocycles. The number of pyridine rings is 2. The molecule has 3 heterocycles. The zero-order valence-electron chi connectivity index (χ0n) is 29.5. The van der Waals surface area contributed by atoms with E-state index in [-0.39, 0.29) is 5.41 Å². The predicted molar refractivity (Wildman–Crippen MR) is 217 cm³/mol. The topological polar surface area (TPSA) is 51.6 Å². The molecular formula is C49H34N4. The molecule has 9 aromatic rings. The molecule has 6 aromatic carbocycles. The van der Waals surface area contributed by atoms with Crippen molar-refractivity contribution in [2.24, 2.45) is 0 Å². The lowest BCUT2D eigenvalue weighted by molar-refractivity contribution is 0.660. The summed E-state index contributed by atoms with van der Waals surface area (Å²) in [5, 5.41) is 2.12. The molecule has 0 N–H and O–H groups in total. The van der Waals surface area contributed by atoms with Gasteiger partial charge in [0.25, 0.3) is 0 Å². The quantitative estimate of drug-likeness (QED) is 0.170. The van der Waals surface area contributed by atoms with Gasteiger partial charge in [-0.2, -0.15) is 0 Å². The molecule has 0 fully saturated rings. The average Bonchev–Trinajstić information content (AvgIpc) is 3.46. The molecule has 0 bridgehead atoms. The van der Waals surface area contributed by atoms with E-state index in [1.165, 1.54) is 33.4 Å². The smallest absolute Gasteiger partial charge is 0.0972 e. The van der Waals surface area contributed by atoms with Crippen LogP contribution in [0, 0.1) is 0 Å². The molecule has 0 saturated heterocycles. The maximum Gasteiger partial charge on any atom is 0.0972 e. The minimum absolute atomic E-state index is 0.0282. The molecule has 0 radical (unpaired) electrons. The first kappa shape index (κ1) is 31.0. The molecular weight excluding hydrogens is 645 g/mol. The SMILES string of the molecule is CC1(C)c2ccccc2-c2ccc(-c3ccc(-c4ccc5ccc6ccc(-c7cccc(-c8cncc(-c9ccccc9)n8)c7)nc6c5n4)cc3)cc21. The minimum atomic E-state index is -0.0282. The van der Waals surface area contributed by atoms with E-state index in [2.05, 4.69) is 158 Å². The number of fused-ring (bicyclic) bond motifs is 6. The summed E-state index contributed by atoms with van der Waals surface area (Å²) in [6, 6.07) is 55.7. The van der Waals surface area contributed by atoms with Gasteiger partial charge < -0.3 is 0 Å². The van der Waals surface area contributed by atoms with E-state index in [9.17, 15) is 0 Å². The number of hydrogen-bond donors (Lipinski definition) is 0. The van der Waals surface area contributed by atoms with Gasteiger partial charge >= 0.3 is 0 Å². The van der Waals surface area contributed by atoms with Crippen LogP contribution in [0.3, 0.4) is 0 Å². The molecule has 1 aliphatic carbocycles. The van der Waals surface area contributed by atoms with Crippen molar-refractivity contribution in [1.29, 1.82) is 0 Å². The lowest BCUT2D eigenvalue weighted by Gasteiger charge is -2.22. The Bertz CT molecular complexity index is 2860. The number of rotatable bonds is 5. The second-order valence-electron chi connectivity index (χ2n) is 14.3. The van der Waals surface area contributed by atoms with Crippen LogP contribution in [0.2, 0.25) is 0 Å². The summed E-state index contributed by atoms with van der Waals surface area (Å²) in [4.78, 5) is 19.9. The standard InChI is InChI=1S/C49H34N4/c1-49(2)41-14-7-6-13-39(41)40-24-21-36(28-42(40)49)31-15-17-33(18-16-31)43-25-22-34-19-20-35-23-26-44(53-48(35)47(34)52-43)37-11-8-12-38(27-37)46-30-50-29-45(51-46)32-9-4-3-5-10-32/h3-30H,1-2H3. The van der Waals surface area contributed by atoms with Crippen LogP contribution < -0.4 is 0 Å². The summed E-state index contributed by atoms with van der Waals surface area (Å²) < 4.78 is 0. The van der Waals surface area contributed by atoms with Crippen LogP contribution in [-0.4, -0.2) is 19.9 Å². The average molecular weight is 679 g/mol. The molecule has 0 amide bonds. The van der Waals surface area contributed by atoms with Gasteiger partial charge in [-0.05, 0) is 57.6 Å². The lowest BCUT2D eigenvalue weighted by Crippen LogP contribution is -2.14. The summed E-state index contributed by atoms with van der Waals surface area (Å²) in [6.07, 6.45) is 3.62. The Morgan fingerprint density at radius 3 is 1.62 bits per heavy atom. The maximum absolute atomic E-state index is 5.22. The van der Waals surface area contributed by atoms with Crippen LogP contribution in [0.4, 0.5) is 0 Å². The van der Waals surface area contributed by atoms with Crippen molar-refractivity contribution in [3.8, 4) is 67.3 Å². The van der Waals surface area contributed by atoms with Crippen molar-refractivity contribution in [1.82, 2.24) is 19.9 Å². The van der Waals surface area contributed by atoms with Crippen LogP contribution >= 0.6 is 0 Å². The second kappa shape index (κ2) is 12.2. The third kappa shape index (κ3) is 5.30. The number of aromatic nitrogens is 4. The fourth-order valence-corrected chi connectivity index (χ4v) is 7.90. The van der Waals surface area contributed by atoms with Gasteiger partial charge in [0.1, 0.15) is 0 Å². The van der Waals surface area contributed by atoms with Gasteiger partial charge in [0.15, 0.2) is 0 Å². The molecule has 4 heteroatoms. The minimum Gasteiger partial charge on any atom is -0.260 e. The highest BCUT2D eigenvalue weighted by molar-refractivity contribution is 6.04. The van der Waals surface area contributed by atoms with E-state index in [1.807, 2.05) is 30.6 Å². The first-order chi connectivity index (χ1) is 26.0. The van der Waals surface area contributed by atoms with Crippen molar-refractivity contribution in [3.05, 3.63) is 181 Å². The molecule has 250 valence electrons. The summed E-state index contributed by atoms with van der Waals surface area (Å²) in [5.74, 6) is 0. The van der Waals surface area contributed by atoms with Crippen molar-refractivity contribution in [2.45, 2.75) is 19.3 Å². The Morgan fingerprint density at radius 1 is 0.358 bits per heavy atom. The monoisotopic (exact) mass is 678 g/mol. The van der Waals surface area contributed by atoms with Gasteiger partial charge in [0.05, 0.1) is 46.2 Å². The molecule has 0 unspecified atom stereocenters. The number of nitrogens with zero attached hydrogens (tertiary/aromatic N) is 4. The van der Waals surface area contributed by atoms with E-state index >= 15 is 0 Å². The summed E-state index contributed by atoms with van der Waals surface area (Å²) in [5.41, 5.74) is 17.2. The zero-order chi connectivity index (χ0) is 35.5. The fourth-order valence-electron chi connectivity index (χ4n) is 7.90. The Morgan fingerprint density at radius 2 is 0.887 bits per heavy atom. The molecule has 4 nitrogen and oxygen atoms in total. The Balaban J connectivity index is 0.979. The molecule has 10 rings (SSSR count). The first-order valence-corrected chi connectivity index (χ1v) is 18.0. The Kier molecular flexibility index (Phi) is 7.12. The predicted octanol–water partition coefficient (Wildman–Crippen LogP) is 12.2. The molecule has 0 atom stereocenters. The van der Waals surface area contributed by atoms with Gasteiger partial charge in [0, 0.05) is 38.4 Å². The van der Waals surface area contributed by atoms with Crippen LogP contribution in [-0.2, 0) is 5.41 Å². The highest BCUT2D eigenvalue weighted by atomic mass is 14.8. The molecule has 53 heavy (non-hydrogen) atoms. The third-order valence-corrected chi connectivity index (χ3v) is 10.8. The van der Waals surface area contributed by atoms with E-state index in [1.54, 1.807) is 0 Å². The van der Waals surface area contributed by atoms with Gasteiger partial charge in [0.2, 0.25) is 0 Å². The molecule has 0 aliphatic heterocycles. The fraction of sp³-hybridized carbons (Fsp3) is 0.0612. The summed E-state index contributed by atoms with van der Waals surface area (Å²) in [7, 11) is 0. The third-order valence-electron chi connectivity index (χ3n) is 10.8. The van der Waals surface area contributed by atoms with Gasteiger partial charge in [-0.25, -0.2) is 15.0 Å². The van der Waals surface area contributed by atoms with Gasteiger partial charge in [-0.15, -0.1) is 0 Å². The van der Waals surface area contributed by atoms with E-state index < -0.39 is 0 Å². The normalized spacial score (nSPS) is 12.9. The lowest BCUT2D eigenvalue weighted by atomic mass is 9.81. The first-order valence-electron chi connectivity index (χ1n) is 18.0.